The molecule has 1 fully saturated rings. The van der Waals surface area contributed by atoms with Gasteiger partial charge in [0.15, 0.2) is 0 Å². The molecule has 0 spiro atoms. The van der Waals surface area contributed by atoms with Crippen molar-refractivity contribution in [3.8, 4) is 0 Å². The molecule has 1 heterocycles. The molecule has 0 aromatic heterocycles. The van der Waals surface area contributed by atoms with Gasteiger partial charge in [0.1, 0.15) is 13.2 Å². The topological polar surface area (TPSA) is 58.6 Å². The van der Waals surface area contributed by atoms with Crippen molar-refractivity contribution in [2.24, 2.45) is 5.92 Å². The fourth-order valence-electron chi connectivity index (χ4n) is 2.30. The van der Waals surface area contributed by atoms with Gasteiger partial charge in [-0.25, -0.2) is 4.79 Å². The van der Waals surface area contributed by atoms with E-state index < -0.39 is 6.03 Å². The van der Waals surface area contributed by atoms with Crippen LogP contribution in [0.5, 0.6) is 0 Å². The van der Waals surface area contributed by atoms with Gasteiger partial charge in [-0.15, -0.1) is 0 Å². The van der Waals surface area contributed by atoms with Crippen LogP contribution in [0.4, 0.5) is 4.79 Å². The Labute approximate surface area is 118 Å². The Morgan fingerprint density at radius 2 is 1.95 bits per heavy atom. The largest absolute Gasteiger partial charge is 0.348 e. The number of benzene rings is 1. The van der Waals surface area contributed by atoms with Crippen molar-refractivity contribution in [1.29, 1.82) is 0 Å². The number of urea groups is 1. The summed E-state index contributed by atoms with van der Waals surface area (Å²) in [5.74, 6) is 0.257. The molecule has 20 heavy (non-hydrogen) atoms. The maximum Gasteiger partial charge on any atom is 0.348 e. The number of nitrogens with one attached hydrogen (secondary N) is 1. The number of amides is 3. The van der Waals surface area contributed by atoms with E-state index in [1.807, 2.05) is 13.0 Å². The molecular formula is C15H20N2O3. The van der Waals surface area contributed by atoms with Crippen molar-refractivity contribution in [3.63, 3.8) is 0 Å². The molecule has 0 atom stereocenters. The summed E-state index contributed by atoms with van der Waals surface area (Å²) < 4.78 is 0. The van der Waals surface area contributed by atoms with Crippen molar-refractivity contribution in [3.05, 3.63) is 34.9 Å². The summed E-state index contributed by atoms with van der Waals surface area (Å²) in [7, 11) is 0. The third-order valence-electron chi connectivity index (χ3n) is 2.99. The first-order chi connectivity index (χ1) is 9.44. The van der Waals surface area contributed by atoms with Gasteiger partial charge in [-0.05, 0) is 30.4 Å². The standard InChI is InChI=1S/C15H20N2O3/c1-10(2)4-12-5-11(3)6-13(7-12)9-20-17-8-14(18)16-15(17)19/h5-7,10H,4,8-9H2,1-3H3,(H,16,18,19). The maximum atomic E-state index is 11.4. The summed E-state index contributed by atoms with van der Waals surface area (Å²) in [5, 5.41) is 3.24. The predicted octanol–water partition coefficient (Wildman–Crippen LogP) is 2.18. The molecule has 1 aromatic rings. The molecule has 5 nitrogen and oxygen atoms in total. The van der Waals surface area contributed by atoms with Crippen LogP contribution in [0.2, 0.25) is 0 Å². The number of rotatable bonds is 5. The summed E-state index contributed by atoms with van der Waals surface area (Å²) in [5.41, 5.74) is 3.44. The lowest BCUT2D eigenvalue weighted by molar-refractivity contribution is -0.134. The second-order valence-corrected chi connectivity index (χ2v) is 5.59. The first kappa shape index (κ1) is 14.5. The van der Waals surface area contributed by atoms with Crippen molar-refractivity contribution >= 4 is 11.9 Å². The molecule has 1 N–H and O–H groups in total. The Morgan fingerprint density at radius 1 is 1.25 bits per heavy atom. The Bertz CT molecular complexity index is 526. The highest BCUT2D eigenvalue weighted by Crippen LogP contribution is 2.15. The van der Waals surface area contributed by atoms with E-state index in [0.29, 0.717) is 5.92 Å². The lowest BCUT2D eigenvalue weighted by Crippen LogP contribution is -2.28. The van der Waals surface area contributed by atoms with Crippen molar-refractivity contribution in [2.45, 2.75) is 33.8 Å². The third-order valence-corrected chi connectivity index (χ3v) is 2.99. The number of hydroxylamine groups is 2. The van der Waals surface area contributed by atoms with Gasteiger partial charge in [-0.2, -0.15) is 5.06 Å². The molecule has 0 unspecified atom stereocenters. The van der Waals surface area contributed by atoms with Gasteiger partial charge in [-0.3, -0.25) is 14.9 Å². The van der Waals surface area contributed by atoms with E-state index in [2.05, 4.69) is 31.3 Å². The van der Waals surface area contributed by atoms with E-state index in [9.17, 15) is 9.59 Å². The Balaban J connectivity index is 2.00. The fourth-order valence-corrected chi connectivity index (χ4v) is 2.30. The molecule has 0 radical (unpaired) electrons. The number of carbonyl (C=O) groups excluding carboxylic acids is 2. The first-order valence-electron chi connectivity index (χ1n) is 6.77. The van der Waals surface area contributed by atoms with Crippen molar-refractivity contribution in [1.82, 2.24) is 10.4 Å². The second-order valence-electron chi connectivity index (χ2n) is 5.59. The number of imide groups is 1. The maximum absolute atomic E-state index is 11.4. The predicted molar refractivity (Wildman–Crippen MR) is 74.8 cm³/mol. The SMILES string of the molecule is Cc1cc(CON2CC(=O)NC2=O)cc(CC(C)C)c1. The van der Waals surface area contributed by atoms with E-state index in [1.54, 1.807) is 0 Å². The zero-order chi connectivity index (χ0) is 14.7. The quantitative estimate of drug-likeness (QED) is 0.839. The molecule has 2 rings (SSSR count). The number of nitrogens with zero attached hydrogens (tertiary/aromatic N) is 1. The molecule has 3 amide bonds. The van der Waals surface area contributed by atoms with Crippen LogP contribution in [0, 0.1) is 12.8 Å². The van der Waals surface area contributed by atoms with Crippen LogP contribution in [0.25, 0.3) is 0 Å². The van der Waals surface area contributed by atoms with Gasteiger partial charge in [-0.1, -0.05) is 37.6 Å². The molecule has 108 valence electrons. The molecule has 1 aliphatic heterocycles. The van der Waals surface area contributed by atoms with Crippen LogP contribution in [-0.4, -0.2) is 23.5 Å². The Hall–Kier alpha value is -1.88. The van der Waals surface area contributed by atoms with Crippen molar-refractivity contribution < 1.29 is 14.4 Å². The van der Waals surface area contributed by atoms with E-state index in [-0.39, 0.29) is 19.1 Å². The van der Waals surface area contributed by atoms with Gasteiger partial charge >= 0.3 is 6.03 Å². The molecule has 1 aliphatic rings. The fraction of sp³-hybridized carbons (Fsp3) is 0.467. The van der Waals surface area contributed by atoms with Crippen LogP contribution in [0.3, 0.4) is 0 Å². The van der Waals surface area contributed by atoms with Gasteiger partial charge in [0.05, 0.1) is 0 Å². The zero-order valence-electron chi connectivity index (χ0n) is 12.1. The average molecular weight is 276 g/mol. The average Bonchev–Trinajstić information content (AvgIpc) is 2.63. The number of hydrogen-bond acceptors (Lipinski definition) is 3. The molecule has 1 aromatic carbocycles. The molecule has 5 heteroatoms. The minimum Gasteiger partial charge on any atom is -0.274 e. The van der Waals surface area contributed by atoms with Crippen LogP contribution < -0.4 is 5.32 Å². The lowest BCUT2D eigenvalue weighted by atomic mass is 9.99. The van der Waals surface area contributed by atoms with E-state index in [4.69, 9.17) is 4.84 Å². The van der Waals surface area contributed by atoms with Crippen LogP contribution in [0.15, 0.2) is 18.2 Å². The van der Waals surface area contributed by atoms with Gasteiger partial charge in [0, 0.05) is 0 Å². The molecule has 0 aliphatic carbocycles. The van der Waals surface area contributed by atoms with Gasteiger partial charge in [0.2, 0.25) is 5.91 Å². The minimum absolute atomic E-state index is 0.0382. The van der Waals surface area contributed by atoms with E-state index in [0.717, 1.165) is 17.0 Å². The lowest BCUT2D eigenvalue weighted by Gasteiger charge is -2.14. The second kappa shape index (κ2) is 6.05. The number of hydrogen-bond donors (Lipinski definition) is 1. The van der Waals surface area contributed by atoms with Crippen LogP contribution in [0.1, 0.15) is 30.5 Å². The normalized spacial score (nSPS) is 15.1. The highest BCUT2D eigenvalue weighted by molar-refractivity contribution is 6.01. The summed E-state index contributed by atoms with van der Waals surface area (Å²) in [6.07, 6.45) is 1.01. The smallest absolute Gasteiger partial charge is 0.274 e. The molecular weight excluding hydrogens is 256 g/mol. The van der Waals surface area contributed by atoms with Crippen LogP contribution in [-0.2, 0) is 22.7 Å². The number of aryl methyl sites for hydroxylation is 1. The zero-order valence-corrected chi connectivity index (χ0v) is 12.1. The van der Waals surface area contributed by atoms with Crippen LogP contribution >= 0.6 is 0 Å². The number of carbonyl (C=O) groups is 2. The Kier molecular flexibility index (Phi) is 4.39. The summed E-state index contributed by atoms with van der Waals surface area (Å²) in [6.45, 7) is 6.65. The molecule has 0 bridgehead atoms. The summed E-state index contributed by atoms with van der Waals surface area (Å²) in [6, 6.07) is 5.78. The summed E-state index contributed by atoms with van der Waals surface area (Å²) >= 11 is 0. The highest BCUT2D eigenvalue weighted by Gasteiger charge is 2.27. The Morgan fingerprint density at radius 3 is 2.55 bits per heavy atom. The molecule has 0 saturated carbocycles. The van der Waals surface area contributed by atoms with Crippen molar-refractivity contribution in [2.75, 3.05) is 6.54 Å². The third kappa shape index (κ3) is 3.81. The van der Waals surface area contributed by atoms with E-state index in [1.165, 1.54) is 11.1 Å². The van der Waals surface area contributed by atoms with Gasteiger partial charge < -0.3 is 0 Å². The first-order valence-corrected chi connectivity index (χ1v) is 6.77. The molecule has 1 saturated heterocycles. The highest BCUT2D eigenvalue weighted by atomic mass is 16.7. The minimum atomic E-state index is -0.495. The monoisotopic (exact) mass is 276 g/mol. The summed E-state index contributed by atoms with van der Waals surface area (Å²) in [4.78, 5) is 27.8. The van der Waals surface area contributed by atoms with E-state index >= 15 is 0 Å². The van der Waals surface area contributed by atoms with Gasteiger partial charge in [0.25, 0.3) is 0 Å².